The molecule has 4 amide bonds. The van der Waals surface area contributed by atoms with E-state index in [1.165, 1.54) is 23.2 Å². The van der Waals surface area contributed by atoms with Crippen LogP contribution in [0.5, 0.6) is 0 Å². The molecule has 12 heteroatoms. The predicted octanol–water partition coefficient (Wildman–Crippen LogP) is 0.202. The van der Waals surface area contributed by atoms with Gasteiger partial charge in [-0.1, -0.05) is 17.7 Å². The first kappa shape index (κ1) is 24.6. The van der Waals surface area contributed by atoms with E-state index in [9.17, 15) is 19.2 Å². The first-order chi connectivity index (χ1) is 16.8. The van der Waals surface area contributed by atoms with E-state index in [-0.39, 0.29) is 18.1 Å². The quantitative estimate of drug-likeness (QED) is 0.395. The van der Waals surface area contributed by atoms with Crippen molar-refractivity contribution in [1.29, 1.82) is 0 Å². The Balaban J connectivity index is 1.42. The van der Waals surface area contributed by atoms with Crippen molar-refractivity contribution < 1.29 is 19.2 Å². The Morgan fingerprint density at radius 2 is 1.91 bits per heavy atom. The molecule has 184 valence electrons. The largest absolute Gasteiger partial charge is 0.344 e. The van der Waals surface area contributed by atoms with E-state index in [4.69, 9.17) is 11.6 Å². The summed E-state index contributed by atoms with van der Waals surface area (Å²) in [6, 6.07) is 5.43. The number of likely N-dealkylation sites (N-methyl/N-ethyl adjacent to an activating group) is 1. The summed E-state index contributed by atoms with van der Waals surface area (Å²) < 4.78 is 0. The minimum absolute atomic E-state index is 0.180. The second kappa shape index (κ2) is 10.8. The summed E-state index contributed by atoms with van der Waals surface area (Å²) >= 11 is 5.78. The average molecular weight is 500 g/mol. The summed E-state index contributed by atoms with van der Waals surface area (Å²) in [4.78, 5) is 61.4. The molecule has 0 spiro atoms. The van der Waals surface area contributed by atoms with Crippen LogP contribution in [-0.2, 0) is 27.3 Å². The number of likely N-dealkylation sites (tertiary alicyclic amines) is 1. The van der Waals surface area contributed by atoms with Crippen LogP contribution in [0, 0.1) is 0 Å². The van der Waals surface area contributed by atoms with Crippen molar-refractivity contribution in [1.82, 2.24) is 30.4 Å². The fourth-order valence-electron chi connectivity index (χ4n) is 4.17. The van der Waals surface area contributed by atoms with E-state index in [1.54, 1.807) is 6.07 Å². The first-order valence-electron chi connectivity index (χ1n) is 11.2. The lowest BCUT2D eigenvalue weighted by molar-refractivity contribution is -0.137. The number of hydrogen-bond donors (Lipinski definition) is 3. The van der Waals surface area contributed by atoms with Gasteiger partial charge in [-0.2, -0.15) is 0 Å². The highest BCUT2D eigenvalue weighted by Crippen LogP contribution is 2.17. The maximum atomic E-state index is 13.0. The van der Waals surface area contributed by atoms with Crippen LogP contribution in [-0.4, -0.2) is 82.7 Å². The van der Waals surface area contributed by atoms with E-state index < -0.39 is 29.8 Å². The highest BCUT2D eigenvalue weighted by molar-refractivity contribution is 6.39. The molecule has 2 aromatic rings. The van der Waals surface area contributed by atoms with Crippen LogP contribution in [0.3, 0.4) is 0 Å². The van der Waals surface area contributed by atoms with Gasteiger partial charge in [0.25, 0.3) is 5.91 Å². The topological polar surface area (TPSA) is 137 Å². The molecule has 4 rings (SSSR count). The molecule has 4 heterocycles. The molecule has 0 aliphatic carbocycles. The normalized spacial score (nSPS) is 19.9. The molecular formula is C23H26ClN7O4. The van der Waals surface area contributed by atoms with Crippen LogP contribution in [0.25, 0.3) is 0 Å². The summed E-state index contributed by atoms with van der Waals surface area (Å²) in [6.45, 7) is 2.22. The van der Waals surface area contributed by atoms with E-state index in [1.807, 2.05) is 13.1 Å². The summed E-state index contributed by atoms with van der Waals surface area (Å²) in [5.41, 5.74) is 2.26. The molecule has 0 saturated carbocycles. The molecular weight excluding hydrogens is 474 g/mol. The highest BCUT2D eigenvalue weighted by Gasteiger charge is 2.33. The van der Waals surface area contributed by atoms with Gasteiger partial charge in [0.05, 0.1) is 17.1 Å². The molecule has 1 saturated heterocycles. The Morgan fingerprint density at radius 3 is 2.66 bits per heavy atom. The van der Waals surface area contributed by atoms with Crippen molar-refractivity contribution in [3.63, 3.8) is 0 Å². The lowest BCUT2D eigenvalue weighted by Gasteiger charge is -2.37. The molecule has 0 aromatic carbocycles. The van der Waals surface area contributed by atoms with E-state index in [0.717, 1.165) is 30.8 Å². The lowest BCUT2D eigenvalue weighted by Crippen LogP contribution is -2.61. The van der Waals surface area contributed by atoms with Gasteiger partial charge in [0.1, 0.15) is 11.5 Å². The number of rotatable bonds is 5. The Kier molecular flexibility index (Phi) is 7.57. The maximum Gasteiger partial charge on any atom is 0.314 e. The minimum Gasteiger partial charge on any atom is -0.344 e. The van der Waals surface area contributed by atoms with Crippen LogP contribution in [0.4, 0.5) is 5.82 Å². The fraction of sp³-hybridized carbons (Fsp3) is 0.391. The van der Waals surface area contributed by atoms with Gasteiger partial charge in [0.2, 0.25) is 6.41 Å². The van der Waals surface area contributed by atoms with Crippen molar-refractivity contribution in [2.45, 2.75) is 31.5 Å². The number of fused-ring (bicyclic) bond motifs is 1. The molecule has 0 bridgehead atoms. The van der Waals surface area contributed by atoms with Crippen molar-refractivity contribution in [3.8, 4) is 0 Å². The van der Waals surface area contributed by atoms with Gasteiger partial charge in [-0.15, -0.1) is 0 Å². The molecule has 3 N–H and O–H groups in total. The van der Waals surface area contributed by atoms with Gasteiger partial charge < -0.3 is 25.8 Å². The lowest BCUT2D eigenvalue weighted by atomic mass is 9.99. The maximum absolute atomic E-state index is 13.0. The van der Waals surface area contributed by atoms with Crippen LogP contribution in [0.15, 0.2) is 30.5 Å². The molecule has 11 nitrogen and oxygen atoms in total. The first-order valence-corrected chi connectivity index (χ1v) is 11.6. The summed E-state index contributed by atoms with van der Waals surface area (Å²) in [5.74, 6) is -2.00. The van der Waals surface area contributed by atoms with Crippen LogP contribution in [0.1, 0.15) is 28.2 Å². The molecule has 0 unspecified atom stereocenters. The summed E-state index contributed by atoms with van der Waals surface area (Å²) in [5, 5.41) is 8.35. The number of nitrogens with one attached hydrogen (secondary N) is 3. The second-order valence-electron chi connectivity index (χ2n) is 8.65. The van der Waals surface area contributed by atoms with Gasteiger partial charge in [0.15, 0.2) is 0 Å². The number of carbonyl (C=O) groups excluding carboxylic acids is 4. The van der Waals surface area contributed by atoms with Crippen LogP contribution >= 0.6 is 11.6 Å². The molecule has 2 aliphatic rings. The number of halogens is 1. The van der Waals surface area contributed by atoms with E-state index >= 15 is 0 Å². The number of nitrogens with zero attached hydrogens (tertiary/aromatic N) is 4. The third-order valence-corrected chi connectivity index (χ3v) is 6.30. The van der Waals surface area contributed by atoms with Gasteiger partial charge in [-0.3, -0.25) is 19.2 Å². The van der Waals surface area contributed by atoms with Gasteiger partial charge >= 0.3 is 11.8 Å². The smallest absolute Gasteiger partial charge is 0.314 e. The zero-order valence-electron chi connectivity index (χ0n) is 19.2. The van der Waals surface area contributed by atoms with Crippen molar-refractivity contribution in [3.05, 3.63) is 52.4 Å². The number of carbonyl (C=O) groups is 4. The Labute approximate surface area is 207 Å². The Morgan fingerprint density at radius 1 is 1.09 bits per heavy atom. The Bertz CT molecular complexity index is 1130. The zero-order valence-corrected chi connectivity index (χ0v) is 19.9. The Hall–Kier alpha value is -3.57. The third kappa shape index (κ3) is 6.11. The van der Waals surface area contributed by atoms with E-state index in [0.29, 0.717) is 24.4 Å². The average Bonchev–Trinajstić information content (AvgIpc) is 2.85. The van der Waals surface area contributed by atoms with Crippen molar-refractivity contribution in [2.24, 2.45) is 0 Å². The summed E-state index contributed by atoms with van der Waals surface area (Å²) in [7, 11) is 2.03. The SMILES string of the molecule is CN1CCc2nc(C(=O)N[C@@H]3CN(C=O)CC[C@@H]3NC(=O)C(=O)Nc3ccc(Cl)cn3)ccc2C1. The fourth-order valence-corrected chi connectivity index (χ4v) is 4.29. The van der Waals surface area contributed by atoms with Gasteiger partial charge in [-0.25, -0.2) is 9.97 Å². The van der Waals surface area contributed by atoms with Gasteiger partial charge in [-0.05, 0) is 37.2 Å². The number of hydrogen-bond acceptors (Lipinski definition) is 7. The number of anilines is 1. The molecule has 2 aromatic heterocycles. The molecule has 2 atom stereocenters. The molecule has 35 heavy (non-hydrogen) atoms. The third-order valence-electron chi connectivity index (χ3n) is 6.07. The molecule has 1 fully saturated rings. The molecule has 2 aliphatic heterocycles. The number of amides is 4. The predicted molar refractivity (Wildman–Crippen MR) is 128 cm³/mol. The van der Waals surface area contributed by atoms with Crippen molar-refractivity contribution in [2.75, 3.05) is 32.0 Å². The highest BCUT2D eigenvalue weighted by atomic mass is 35.5. The summed E-state index contributed by atoms with van der Waals surface area (Å²) in [6.07, 6.45) is 3.17. The number of piperidine rings is 1. The van der Waals surface area contributed by atoms with Crippen LogP contribution < -0.4 is 16.0 Å². The van der Waals surface area contributed by atoms with Gasteiger partial charge in [0, 0.05) is 44.5 Å². The number of aromatic nitrogens is 2. The van der Waals surface area contributed by atoms with Crippen molar-refractivity contribution >= 4 is 41.6 Å². The van der Waals surface area contributed by atoms with Crippen LogP contribution in [0.2, 0.25) is 5.02 Å². The monoisotopic (exact) mass is 499 g/mol. The standard InChI is InChI=1S/C23H26ClN7O4/c1-30-8-6-16-14(11-30)2-4-18(26-16)21(33)28-19-12-31(13-32)9-7-17(19)27-22(34)23(35)29-20-5-3-15(24)10-25-20/h2-5,10,13,17,19H,6-9,11-12H2,1H3,(H,27,34)(H,28,33)(H,25,29,35)/t17-,19+/m0/s1. The van der Waals surface area contributed by atoms with E-state index in [2.05, 4.69) is 30.8 Å². The zero-order chi connectivity index (χ0) is 24.9. The number of pyridine rings is 2. The molecule has 0 radical (unpaired) electrons. The minimum atomic E-state index is -0.899. The second-order valence-corrected chi connectivity index (χ2v) is 9.09.